The molecule has 1 amide bonds. The minimum atomic E-state index is -4.08. The number of rotatable bonds is 5. The third kappa shape index (κ3) is 4.47. The van der Waals surface area contributed by atoms with E-state index in [1.54, 1.807) is 31.4 Å². The lowest BCUT2D eigenvalue weighted by Crippen LogP contribution is -2.07. The molecule has 0 saturated carbocycles. The second-order valence-electron chi connectivity index (χ2n) is 5.98. The summed E-state index contributed by atoms with van der Waals surface area (Å²) in [5, 5.41) is 21.6. The summed E-state index contributed by atoms with van der Waals surface area (Å²) in [5.41, 5.74) is 0.823. The summed E-state index contributed by atoms with van der Waals surface area (Å²) in [6, 6.07) is 12.2. The summed E-state index contributed by atoms with van der Waals surface area (Å²) in [6.07, 6.45) is 0. The molecule has 8 nitrogen and oxygen atoms in total. The number of hydrogen-bond acceptors (Lipinski definition) is 7. The Morgan fingerprint density at radius 2 is 1.76 bits per heavy atom. The van der Waals surface area contributed by atoms with Gasteiger partial charge in [0.1, 0.15) is 11.4 Å². The minimum Gasteiger partial charge on any atom is -0.505 e. The lowest BCUT2D eigenvalue weighted by molar-refractivity contribution is -0.114. The van der Waals surface area contributed by atoms with Gasteiger partial charge >= 0.3 is 0 Å². The number of carbonyl (C=O) groups excluding carboxylic acids is 1. The van der Waals surface area contributed by atoms with E-state index in [2.05, 4.69) is 15.5 Å². The number of azo groups is 1. The fourth-order valence-electron chi connectivity index (χ4n) is 2.74. The topological polar surface area (TPSA) is 117 Å². The second-order valence-corrected chi connectivity index (χ2v) is 8.52. The van der Waals surface area contributed by atoms with Crippen LogP contribution >= 0.6 is 10.7 Å². The van der Waals surface area contributed by atoms with Crippen molar-refractivity contribution in [2.75, 3.05) is 12.4 Å². The molecule has 0 fully saturated rings. The van der Waals surface area contributed by atoms with Crippen LogP contribution in [0.5, 0.6) is 11.5 Å². The number of phenolic OH excluding ortho intramolecular Hbond substituents is 1. The molecule has 3 aromatic rings. The molecule has 0 atom stereocenters. The van der Waals surface area contributed by atoms with Crippen LogP contribution in [0.2, 0.25) is 0 Å². The number of aromatic hydroxyl groups is 1. The molecule has 0 heterocycles. The number of nitrogens with zero attached hydrogens (tertiary/aromatic N) is 2. The summed E-state index contributed by atoms with van der Waals surface area (Å²) in [4.78, 5) is 11.3. The standard InChI is InChI=1S/C19H16ClN3O5S/c1-11(24)21-15-9-10-17(29(20,26)27)14-7-8-16(19(25)18(14)15)23-22-12-3-5-13(28-2)6-4-12/h3-10,25H,1-2H3,(H,21,24)/b23-22+. The van der Waals surface area contributed by atoms with E-state index in [0.717, 1.165) is 0 Å². The zero-order valence-electron chi connectivity index (χ0n) is 15.4. The Morgan fingerprint density at radius 1 is 1.07 bits per heavy atom. The Balaban J connectivity index is 2.15. The molecule has 0 spiro atoms. The van der Waals surface area contributed by atoms with Gasteiger partial charge in [-0.05, 0) is 42.5 Å². The number of ether oxygens (including phenoxy) is 1. The number of nitrogens with one attached hydrogen (secondary N) is 1. The molecular weight excluding hydrogens is 418 g/mol. The Hall–Kier alpha value is -3.17. The van der Waals surface area contributed by atoms with Crippen molar-refractivity contribution in [3.8, 4) is 11.5 Å². The summed E-state index contributed by atoms with van der Waals surface area (Å²) < 4.78 is 28.8. The normalized spacial score (nSPS) is 11.7. The largest absolute Gasteiger partial charge is 0.505 e. The van der Waals surface area contributed by atoms with Crippen LogP contribution in [0, 0.1) is 0 Å². The summed E-state index contributed by atoms with van der Waals surface area (Å²) in [6.45, 7) is 1.29. The summed E-state index contributed by atoms with van der Waals surface area (Å²) in [5.74, 6) is -0.0737. The van der Waals surface area contributed by atoms with Gasteiger partial charge in [0.25, 0.3) is 9.05 Å². The molecule has 0 unspecified atom stereocenters. The first-order valence-corrected chi connectivity index (χ1v) is 10.6. The number of anilines is 1. The predicted molar refractivity (Wildman–Crippen MR) is 110 cm³/mol. The van der Waals surface area contributed by atoms with Gasteiger partial charge in [-0.1, -0.05) is 6.07 Å². The number of amides is 1. The van der Waals surface area contributed by atoms with E-state index in [9.17, 15) is 18.3 Å². The number of halogens is 1. The van der Waals surface area contributed by atoms with E-state index in [0.29, 0.717) is 11.4 Å². The third-order valence-electron chi connectivity index (χ3n) is 4.01. The van der Waals surface area contributed by atoms with Gasteiger partial charge in [0.2, 0.25) is 5.91 Å². The first-order chi connectivity index (χ1) is 13.7. The smallest absolute Gasteiger partial charge is 0.261 e. The van der Waals surface area contributed by atoms with Crippen LogP contribution in [0.25, 0.3) is 10.8 Å². The van der Waals surface area contributed by atoms with Crippen molar-refractivity contribution in [2.45, 2.75) is 11.8 Å². The number of benzene rings is 3. The predicted octanol–water partition coefficient (Wildman–Crippen LogP) is 4.86. The summed E-state index contributed by atoms with van der Waals surface area (Å²) in [7, 11) is 2.97. The number of fused-ring (bicyclic) bond motifs is 1. The first kappa shape index (κ1) is 20.6. The third-order valence-corrected chi connectivity index (χ3v) is 5.39. The van der Waals surface area contributed by atoms with Crippen molar-refractivity contribution in [1.29, 1.82) is 0 Å². The Bertz CT molecular complexity index is 1220. The molecule has 0 aliphatic heterocycles. The van der Waals surface area contributed by atoms with E-state index in [1.165, 1.54) is 31.2 Å². The molecule has 0 aliphatic carbocycles. The fourth-order valence-corrected chi connectivity index (χ4v) is 3.80. The van der Waals surface area contributed by atoms with Crippen LogP contribution in [0.1, 0.15) is 6.92 Å². The van der Waals surface area contributed by atoms with E-state index >= 15 is 0 Å². The van der Waals surface area contributed by atoms with Crippen LogP contribution in [0.15, 0.2) is 63.7 Å². The molecule has 10 heteroatoms. The zero-order valence-corrected chi connectivity index (χ0v) is 17.0. The number of methoxy groups -OCH3 is 1. The lowest BCUT2D eigenvalue weighted by Gasteiger charge is -2.12. The van der Waals surface area contributed by atoms with Crippen molar-refractivity contribution in [3.63, 3.8) is 0 Å². The van der Waals surface area contributed by atoms with Crippen molar-refractivity contribution in [2.24, 2.45) is 10.2 Å². The van der Waals surface area contributed by atoms with Crippen LogP contribution in [0.3, 0.4) is 0 Å². The van der Waals surface area contributed by atoms with Crippen molar-refractivity contribution < 1.29 is 23.1 Å². The van der Waals surface area contributed by atoms with Gasteiger partial charge in [0.05, 0.1) is 28.8 Å². The molecule has 0 bridgehead atoms. The van der Waals surface area contributed by atoms with Crippen molar-refractivity contribution >= 4 is 53.5 Å². The van der Waals surface area contributed by atoms with Crippen LogP contribution in [-0.4, -0.2) is 26.5 Å². The minimum absolute atomic E-state index is 0.0871. The maximum Gasteiger partial charge on any atom is 0.261 e. The van der Waals surface area contributed by atoms with Gasteiger partial charge in [-0.2, -0.15) is 5.11 Å². The highest BCUT2D eigenvalue weighted by molar-refractivity contribution is 8.14. The van der Waals surface area contributed by atoms with Crippen LogP contribution in [0.4, 0.5) is 17.1 Å². The molecule has 29 heavy (non-hydrogen) atoms. The Kier molecular flexibility index (Phi) is 5.71. The van der Waals surface area contributed by atoms with E-state index in [1.807, 2.05) is 0 Å². The Morgan fingerprint density at radius 3 is 2.34 bits per heavy atom. The van der Waals surface area contributed by atoms with Crippen LogP contribution in [-0.2, 0) is 13.8 Å². The molecule has 2 N–H and O–H groups in total. The summed E-state index contributed by atoms with van der Waals surface area (Å²) >= 11 is 0. The van der Waals surface area contributed by atoms with Gasteiger partial charge in [-0.15, -0.1) is 5.11 Å². The molecule has 0 aromatic heterocycles. The number of carbonyl (C=O) groups is 1. The van der Waals surface area contributed by atoms with Gasteiger partial charge < -0.3 is 15.2 Å². The van der Waals surface area contributed by atoms with Crippen molar-refractivity contribution in [1.82, 2.24) is 0 Å². The van der Waals surface area contributed by atoms with Gasteiger partial charge in [0.15, 0.2) is 5.75 Å². The quantitative estimate of drug-likeness (QED) is 0.440. The molecule has 0 aliphatic rings. The molecule has 150 valence electrons. The van der Waals surface area contributed by atoms with Gasteiger partial charge in [-0.3, -0.25) is 4.79 Å². The molecular formula is C19H16ClN3O5S. The van der Waals surface area contributed by atoms with E-state index < -0.39 is 15.0 Å². The van der Waals surface area contributed by atoms with Gasteiger partial charge in [-0.25, -0.2) is 8.42 Å². The highest BCUT2D eigenvalue weighted by Crippen LogP contribution is 2.42. The second kappa shape index (κ2) is 8.06. The fraction of sp³-hybridized carbons (Fsp3) is 0.105. The maximum absolute atomic E-state index is 11.9. The lowest BCUT2D eigenvalue weighted by atomic mass is 10.1. The Labute approximate surface area is 171 Å². The number of phenols is 1. The molecule has 0 radical (unpaired) electrons. The molecule has 3 rings (SSSR count). The van der Waals surface area contributed by atoms with Gasteiger partial charge in [0, 0.05) is 23.0 Å². The zero-order chi connectivity index (χ0) is 21.2. The monoisotopic (exact) mass is 433 g/mol. The van der Waals surface area contributed by atoms with E-state index in [4.69, 9.17) is 15.4 Å². The SMILES string of the molecule is COc1ccc(/N=N/c2ccc3c(S(=O)(=O)Cl)ccc(NC(C)=O)c3c2O)cc1. The van der Waals surface area contributed by atoms with Crippen LogP contribution < -0.4 is 10.1 Å². The highest BCUT2D eigenvalue weighted by atomic mass is 35.7. The highest BCUT2D eigenvalue weighted by Gasteiger charge is 2.20. The molecule has 3 aromatic carbocycles. The van der Waals surface area contributed by atoms with Crippen molar-refractivity contribution in [3.05, 3.63) is 48.5 Å². The average molecular weight is 434 g/mol. The van der Waals surface area contributed by atoms with E-state index in [-0.39, 0.29) is 32.8 Å². The first-order valence-electron chi connectivity index (χ1n) is 8.27. The average Bonchev–Trinajstić information content (AvgIpc) is 2.66. The maximum atomic E-state index is 11.9. The molecule has 0 saturated heterocycles. The number of hydrogen-bond donors (Lipinski definition) is 2.